The predicted octanol–water partition coefficient (Wildman–Crippen LogP) is 4.63. The van der Waals surface area contributed by atoms with Crippen molar-refractivity contribution in [3.05, 3.63) is 78.1 Å². The van der Waals surface area contributed by atoms with E-state index in [1.165, 1.54) is 17.4 Å². The van der Waals surface area contributed by atoms with Crippen LogP contribution in [0.25, 0.3) is 0 Å². The molecule has 1 fully saturated rings. The lowest BCUT2D eigenvalue weighted by Gasteiger charge is -2.31. The Morgan fingerprint density at radius 3 is 2.38 bits per heavy atom. The first-order chi connectivity index (χ1) is 14.1. The van der Waals surface area contributed by atoms with Gasteiger partial charge in [-0.15, -0.1) is 0 Å². The fourth-order valence-corrected chi connectivity index (χ4v) is 3.89. The number of hydrogen-bond donors (Lipinski definition) is 1. The average molecular weight is 392 g/mol. The zero-order valence-electron chi connectivity index (χ0n) is 16.3. The number of hydrogen-bond acceptors (Lipinski definition) is 4. The van der Waals surface area contributed by atoms with Crippen molar-refractivity contribution in [1.29, 1.82) is 0 Å². The molecule has 1 N–H and O–H groups in total. The van der Waals surface area contributed by atoms with Gasteiger partial charge in [0.1, 0.15) is 5.76 Å². The molecule has 1 aliphatic rings. The van der Waals surface area contributed by atoms with Gasteiger partial charge in [-0.25, -0.2) is 0 Å². The van der Waals surface area contributed by atoms with Gasteiger partial charge >= 0.3 is 0 Å². The molecule has 2 amide bonds. The predicted molar refractivity (Wildman–Crippen MR) is 109 cm³/mol. The van der Waals surface area contributed by atoms with E-state index in [1.807, 2.05) is 31.2 Å². The molecule has 0 saturated heterocycles. The van der Waals surface area contributed by atoms with Crippen LogP contribution in [0.4, 0.5) is 5.69 Å². The Labute approximate surface area is 169 Å². The first kappa shape index (κ1) is 19.1. The van der Waals surface area contributed by atoms with E-state index in [-0.39, 0.29) is 17.7 Å². The Hall–Kier alpha value is -3.28. The summed E-state index contributed by atoms with van der Waals surface area (Å²) >= 11 is 0. The van der Waals surface area contributed by atoms with E-state index in [0.29, 0.717) is 11.4 Å². The van der Waals surface area contributed by atoms with Crippen LogP contribution in [0.1, 0.15) is 53.6 Å². The lowest BCUT2D eigenvalue weighted by molar-refractivity contribution is -0.123. The first-order valence-corrected chi connectivity index (χ1v) is 9.91. The Kier molecular flexibility index (Phi) is 5.51. The Morgan fingerprint density at radius 2 is 1.72 bits per heavy atom. The molecule has 2 aromatic heterocycles. The second-order valence-corrected chi connectivity index (χ2v) is 7.35. The van der Waals surface area contributed by atoms with Crippen LogP contribution in [0, 0.1) is 6.92 Å². The standard InChI is InChI=1S/C23H24N2O4/c1-16-8-2-5-11-18(16)25(23(27)20-13-7-15-29-20)21(19-12-6-14-28-19)22(26)24-17-9-3-4-10-17/h2,5-8,11-15,17,21H,3-4,9-10H2,1H3,(H,24,26)/t21-/m1/s1. The highest BCUT2D eigenvalue weighted by molar-refractivity contribution is 6.08. The fraction of sp³-hybridized carbons (Fsp3) is 0.304. The summed E-state index contributed by atoms with van der Waals surface area (Å²) in [5, 5.41) is 3.11. The van der Waals surface area contributed by atoms with E-state index in [2.05, 4.69) is 5.32 Å². The van der Waals surface area contributed by atoms with Crippen LogP contribution in [0.15, 0.2) is 69.9 Å². The normalized spacial score (nSPS) is 15.2. The highest BCUT2D eigenvalue weighted by atomic mass is 16.3. The molecule has 0 aliphatic heterocycles. The topological polar surface area (TPSA) is 75.7 Å². The van der Waals surface area contributed by atoms with E-state index in [9.17, 15) is 9.59 Å². The Bertz CT molecular complexity index is 957. The Balaban J connectivity index is 1.78. The number of nitrogens with one attached hydrogen (secondary N) is 1. The van der Waals surface area contributed by atoms with Gasteiger partial charge in [0.25, 0.3) is 11.8 Å². The quantitative estimate of drug-likeness (QED) is 0.664. The Morgan fingerprint density at radius 1 is 1.00 bits per heavy atom. The summed E-state index contributed by atoms with van der Waals surface area (Å²) in [4.78, 5) is 28.3. The van der Waals surface area contributed by atoms with Crippen molar-refractivity contribution in [3.63, 3.8) is 0 Å². The van der Waals surface area contributed by atoms with Crippen molar-refractivity contribution in [2.24, 2.45) is 0 Å². The summed E-state index contributed by atoms with van der Waals surface area (Å²) in [5.74, 6) is -0.0792. The molecule has 1 atom stereocenters. The van der Waals surface area contributed by atoms with Crippen LogP contribution in [-0.4, -0.2) is 17.9 Å². The molecule has 6 nitrogen and oxygen atoms in total. The van der Waals surface area contributed by atoms with Crippen LogP contribution < -0.4 is 10.2 Å². The smallest absolute Gasteiger partial charge is 0.295 e. The number of carbonyl (C=O) groups is 2. The molecule has 1 aromatic carbocycles. The molecule has 4 rings (SSSR count). The number of rotatable bonds is 6. The van der Waals surface area contributed by atoms with Crippen molar-refractivity contribution >= 4 is 17.5 Å². The van der Waals surface area contributed by atoms with Crippen molar-refractivity contribution in [3.8, 4) is 0 Å². The number of amides is 2. The zero-order valence-corrected chi connectivity index (χ0v) is 16.3. The summed E-state index contributed by atoms with van der Waals surface area (Å²) < 4.78 is 11.0. The molecule has 1 aliphatic carbocycles. The SMILES string of the molecule is Cc1ccccc1N(C(=O)c1ccco1)[C@@H](C(=O)NC1CCCC1)c1ccco1. The third-order valence-electron chi connectivity index (χ3n) is 5.35. The van der Waals surface area contributed by atoms with E-state index in [1.54, 1.807) is 24.3 Å². The summed E-state index contributed by atoms with van der Waals surface area (Å²) in [7, 11) is 0. The monoisotopic (exact) mass is 392 g/mol. The highest BCUT2D eigenvalue weighted by Gasteiger charge is 2.37. The molecule has 3 aromatic rings. The van der Waals surface area contributed by atoms with Gasteiger partial charge in [-0.1, -0.05) is 31.0 Å². The first-order valence-electron chi connectivity index (χ1n) is 9.91. The minimum absolute atomic E-state index is 0.123. The van der Waals surface area contributed by atoms with Gasteiger partial charge in [0, 0.05) is 11.7 Å². The van der Waals surface area contributed by atoms with Gasteiger partial charge < -0.3 is 14.2 Å². The van der Waals surface area contributed by atoms with Crippen LogP contribution in [0.2, 0.25) is 0 Å². The molecule has 0 bridgehead atoms. The zero-order chi connectivity index (χ0) is 20.2. The van der Waals surface area contributed by atoms with Crippen LogP contribution in [0.3, 0.4) is 0 Å². The highest BCUT2D eigenvalue weighted by Crippen LogP contribution is 2.33. The van der Waals surface area contributed by atoms with Crippen LogP contribution >= 0.6 is 0 Å². The van der Waals surface area contributed by atoms with E-state index >= 15 is 0 Å². The molecule has 150 valence electrons. The van der Waals surface area contributed by atoms with Crippen molar-refractivity contribution in [1.82, 2.24) is 5.32 Å². The summed E-state index contributed by atoms with van der Waals surface area (Å²) in [5.41, 5.74) is 1.51. The van der Waals surface area contributed by atoms with Crippen LogP contribution in [-0.2, 0) is 4.79 Å². The third-order valence-corrected chi connectivity index (χ3v) is 5.35. The molecule has 29 heavy (non-hydrogen) atoms. The molecule has 6 heteroatoms. The number of anilines is 1. The minimum Gasteiger partial charge on any atom is -0.467 e. The van der Waals surface area contributed by atoms with Crippen LogP contribution in [0.5, 0.6) is 0 Å². The maximum absolute atomic E-state index is 13.4. The van der Waals surface area contributed by atoms with E-state index in [0.717, 1.165) is 31.2 Å². The van der Waals surface area contributed by atoms with E-state index in [4.69, 9.17) is 8.83 Å². The summed E-state index contributed by atoms with van der Waals surface area (Å²) in [6, 6.07) is 13.4. The lowest BCUT2D eigenvalue weighted by atomic mass is 10.1. The number of furan rings is 2. The minimum atomic E-state index is -0.940. The average Bonchev–Trinajstić information content (AvgIpc) is 3.49. The van der Waals surface area contributed by atoms with Gasteiger partial charge in [0.2, 0.25) is 0 Å². The second kappa shape index (κ2) is 8.39. The molecule has 2 heterocycles. The van der Waals surface area contributed by atoms with Gasteiger partial charge in [-0.05, 0) is 55.7 Å². The number of para-hydroxylation sites is 1. The molecule has 0 spiro atoms. The molecular weight excluding hydrogens is 368 g/mol. The van der Waals surface area contributed by atoms with Gasteiger partial charge in [-0.3, -0.25) is 14.5 Å². The summed E-state index contributed by atoms with van der Waals surface area (Å²) in [6.07, 6.45) is 7.06. The molecule has 0 unspecified atom stereocenters. The number of nitrogens with zero attached hydrogens (tertiary/aromatic N) is 1. The van der Waals surface area contributed by atoms with Gasteiger partial charge in [0.05, 0.1) is 12.5 Å². The maximum Gasteiger partial charge on any atom is 0.295 e. The number of benzene rings is 1. The molecule has 0 radical (unpaired) electrons. The molecular formula is C23H24N2O4. The van der Waals surface area contributed by atoms with Gasteiger partial charge in [0.15, 0.2) is 11.8 Å². The van der Waals surface area contributed by atoms with E-state index < -0.39 is 11.9 Å². The van der Waals surface area contributed by atoms with Gasteiger partial charge in [-0.2, -0.15) is 0 Å². The van der Waals surface area contributed by atoms with Crippen molar-refractivity contribution < 1.29 is 18.4 Å². The largest absolute Gasteiger partial charge is 0.467 e. The maximum atomic E-state index is 13.4. The lowest BCUT2D eigenvalue weighted by Crippen LogP contribution is -2.46. The third kappa shape index (κ3) is 3.97. The second-order valence-electron chi connectivity index (χ2n) is 7.35. The number of carbonyl (C=O) groups excluding carboxylic acids is 2. The van der Waals surface area contributed by atoms with Crippen molar-refractivity contribution in [2.45, 2.75) is 44.7 Å². The number of aryl methyl sites for hydroxylation is 1. The van der Waals surface area contributed by atoms with Crippen molar-refractivity contribution in [2.75, 3.05) is 4.90 Å². The summed E-state index contributed by atoms with van der Waals surface area (Å²) in [6.45, 7) is 1.91. The molecule has 1 saturated carbocycles. The fourth-order valence-electron chi connectivity index (χ4n) is 3.89.